The van der Waals surface area contributed by atoms with Gasteiger partial charge in [-0.15, -0.1) is 0 Å². The third-order valence-electron chi connectivity index (χ3n) is 3.47. The lowest BCUT2D eigenvalue weighted by Crippen LogP contribution is -2.49. The van der Waals surface area contributed by atoms with Gasteiger partial charge in [0.15, 0.2) is 0 Å². The maximum Gasteiger partial charge on any atom is 0.306 e. The number of carbonyl (C=O) groups is 2. The highest BCUT2D eigenvalue weighted by Gasteiger charge is 2.31. The number of hydrogen-bond acceptors (Lipinski definition) is 3. The highest BCUT2D eigenvalue weighted by Crippen LogP contribution is 2.24. The largest absolute Gasteiger partial charge is 0.481 e. The van der Waals surface area contributed by atoms with Gasteiger partial charge in [0, 0.05) is 13.2 Å². The molecule has 0 unspecified atom stereocenters. The van der Waals surface area contributed by atoms with Crippen molar-refractivity contribution in [2.75, 3.05) is 7.11 Å². The van der Waals surface area contributed by atoms with E-state index in [-0.39, 0.29) is 17.9 Å². The molecule has 0 saturated heterocycles. The first-order chi connectivity index (χ1) is 7.86. The van der Waals surface area contributed by atoms with E-state index in [1.807, 2.05) is 0 Å². The molecule has 1 rings (SSSR count). The molecule has 0 bridgehead atoms. The zero-order valence-electron chi connectivity index (χ0n) is 10.7. The molecule has 0 atom stereocenters. The molecule has 1 fully saturated rings. The van der Waals surface area contributed by atoms with Gasteiger partial charge in [-0.1, -0.05) is 0 Å². The second-order valence-corrected chi connectivity index (χ2v) is 5.07. The molecule has 0 heterocycles. The Hall–Kier alpha value is -1.10. The van der Waals surface area contributed by atoms with Crippen LogP contribution in [0, 0.1) is 5.92 Å². The van der Waals surface area contributed by atoms with Gasteiger partial charge < -0.3 is 15.2 Å². The number of amides is 1. The SMILES string of the molecule is COC(C)(C)C(=O)NC1CCC(C(=O)O)CC1. The van der Waals surface area contributed by atoms with Gasteiger partial charge in [-0.3, -0.25) is 9.59 Å². The standard InChI is InChI=1S/C12H21NO4/c1-12(2,17-3)11(16)13-9-6-4-8(5-7-9)10(14)15/h8-9H,4-7H2,1-3H3,(H,13,16)(H,14,15). The molecular weight excluding hydrogens is 222 g/mol. The van der Waals surface area contributed by atoms with Crippen molar-refractivity contribution in [3.8, 4) is 0 Å². The lowest BCUT2D eigenvalue weighted by molar-refractivity contribution is -0.143. The van der Waals surface area contributed by atoms with Gasteiger partial charge >= 0.3 is 5.97 Å². The predicted molar refractivity (Wildman–Crippen MR) is 62.6 cm³/mol. The highest BCUT2D eigenvalue weighted by molar-refractivity contribution is 5.84. The number of aliphatic carboxylic acids is 1. The van der Waals surface area contributed by atoms with Gasteiger partial charge in [0.2, 0.25) is 0 Å². The first-order valence-electron chi connectivity index (χ1n) is 5.95. The quantitative estimate of drug-likeness (QED) is 0.777. The van der Waals surface area contributed by atoms with Crippen molar-refractivity contribution in [3.63, 3.8) is 0 Å². The zero-order valence-corrected chi connectivity index (χ0v) is 10.7. The van der Waals surface area contributed by atoms with Crippen LogP contribution in [0.4, 0.5) is 0 Å². The predicted octanol–water partition coefficient (Wildman–Crippen LogP) is 1.17. The van der Waals surface area contributed by atoms with Gasteiger partial charge in [0.05, 0.1) is 5.92 Å². The molecule has 5 heteroatoms. The molecule has 0 aromatic carbocycles. The first kappa shape index (κ1) is 14.0. The molecule has 0 aliphatic heterocycles. The third kappa shape index (κ3) is 3.70. The van der Waals surface area contributed by atoms with Gasteiger partial charge in [-0.2, -0.15) is 0 Å². The van der Waals surface area contributed by atoms with Crippen LogP contribution in [0.5, 0.6) is 0 Å². The third-order valence-corrected chi connectivity index (χ3v) is 3.47. The van der Waals surface area contributed by atoms with Crippen LogP contribution in [-0.4, -0.2) is 35.7 Å². The maximum absolute atomic E-state index is 11.8. The molecule has 5 nitrogen and oxygen atoms in total. The highest BCUT2D eigenvalue weighted by atomic mass is 16.5. The average molecular weight is 243 g/mol. The van der Waals surface area contributed by atoms with E-state index in [1.165, 1.54) is 7.11 Å². The molecule has 1 amide bonds. The Morgan fingerprint density at radius 1 is 1.24 bits per heavy atom. The Morgan fingerprint density at radius 2 is 1.76 bits per heavy atom. The van der Waals surface area contributed by atoms with Crippen molar-refractivity contribution in [2.45, 2.75) is 51.2 Å². The molecule has 1 aliphatic carbocycles. The second kappa shape index (κ2) is 5.49. The summed E-state index contributed by atoms with van der Waals surface area (Å²) in [6, 6.07) is 0.0764. The van der Waals surface area contributed by atoms with Gasteiger partial charge in [-0.25, -0.2) is 0 Å². The normalized spacial score (nSPS) is 25.4. The van der Waals surface area contributed by atoms with Crippen LogP contribution >= 0.6 is 0 Å². The van der Waals surface area contributed by atoms with E-state index in [4.69, 9.17) is 9.84 Å². The van der Waals surface area contributed by atoms with Crippen LogP contribution in [-0.2, 0) is 14.3 Å². The topological polar surface area (TPSA) is 75.6 Å². The number of carbonyl (C=O) groups excluding carboxylic acids is 1. The Balaban J connectivity index is 2.41. The summed E-state index contributed by atoms with van der Waals surface area (Å²) in [5, 5.41) is 11.8. The summed E-state index contributed by atoms with van der Waals surface area (Å²) < 4.78 is 5.09. The minimum Gasteiger partial charge on any atom is -0.481 e. The van der Waals surface area contributed by atoms with Crippen LogP contribution in [0.1, 0.15) is 39.5 Å². The summed E-state index contributed by atoms with van der Waals surface area (Å²) in [7, 11) is 1.50. The van der Waals surface area contributed by atoms with E-state index in [1.54, 1.807) is 13.8 Å². The second-order valence-electron chi connectivity index (χ2n) is 5.07. The molecule has 98 valence electrons. The summed E-state index contributed by atoms with van der Waals surface area (Å²) in [4.78, 5) is 22.6. The van der Waals surface area contributed by atoms with E-state index in [2.05, 4.69) is 5.32 Å². The summed E-state index contributed by atoms with van der Waals surface area (Å²) in [6.07, 6.45) is 2.71. The molecule has 0 aromatic heterocycles. The van der Waals surface area contributed by atoms with Crippen LogP contribution in [0.15, 0.2) is 0 Å². The summed E-state index contributed by atoms with van der Waals surface area (Å²) in [5.41, 5.74) is -0.830. The fourth-order valence-corrected chi connectivity index (χ4v) is 1.94. The summed E-state index contributed by atoms with van der Waals surface area (Å²) in [5.74, 6) is -1.12. The lowest BCUT2D eigenvalue weighted by atomic mass is 9.86. The van der Waals surface area contributed by atoms with Crippen LogP contribution < -0.4 is 5.32 Å². The van der Waals surface area contributed by atoms with Crippen molar-refractivity contribution in [1.82, 2.24) is 5.32 Å². The molecule has 0 aromatic rings. The monoisotopic (exact) mass is 243 g/mol. The first-order valence-corrected chi connectivity index (χ1v) is 5.95. The van der Waals surface area contributed by atoms with Crippen molar-refractivity contribution < 1.29 is 19.4 Å². The van der Waals surface area contributed by atoms with Gasteiger partial charge in [0.25, 0.3) is 5.91 Å². The van der Waals surface area contributed by atoms with Crippen molar-refractivity contribution in [1.29, 1.82) is 0 Å². The Bertz CT molecular complexity index is 293. The minimum absolute atomic E-state index is 0.0764. The molecule has 0 spiro atoms. The van der Waals surface area contributed by atoms with Crippen LogP contribution in [0.25, 0.3) is 0 Å². The van der Waals surface area contributed by atoms with Crippen LogP contribution in [0.3, 0.4) is 0 Å². The van der Waals surface area contributed by atoms with Crippen LogP contribution in [0.2, 0.25) is 0 Å². The molecule has 1 aliphatic rings. The molecular formula is C12H21NO4. The molecule has 1 saturated carbocycles. The minimum atomic E-state index is -0.830. The van der Waals surface area contributed by atoms with Crippen molar-refractivity contribution in [2.24, 2.45) is 5.92 Å². The Labute approximate surface area is 102 Å². The molecule has 2 N–H and O–H groups in total. The van der Waals surface area contributed by atoms with Gasteiger partial charge in [0.1, 0.15) is 5.60 Å². The maximum atomic E-state index is 11.8. The number of carboxylic acid groups (broad SMARTS) is 1. The number of nitrogens with one attached hydrogen (secondary N) is 1. The lowest BCUT2D eigenvalue weighted by Gasteiger charge is -2.30. The van der Waals surface area contributed by atoms with E-state index in [9.17, 15) is 9.59 Å². The van der Waals surface area contributed by atoms with Crippen molar-refractivity contribution in [3.05, 3.63) is 0 Å². The van der Waals surface area contributed by atoms with E-state index >= 15 is 0 Å². The van der Waals surface area contributed by atoms with E-state index in [0.717, 1.165) is 12.8 Å². The number of ether oxygens (including phenoxy) is 1. The number of hydrogen-bond donors (Lipinski definition) is 2. The summed E-state index contributed by atoms with van der Waals surface area (Å²) in [6.45, 7) is 3.43. The fraction of sp³-hybridized carbons (Fsp3) is 0.833. The number of methoxy groups -OCH3 is 1. The van der Waals surface area contributed by atoms with E-state index in [0.29, 0.717) is 12.8 Å². The van der Waals surface area contributed by atoms with E-state index < -0.39 is 11.6 Å². The Kier molecular flexibility index (Phi) is 4.51. The summed E-state index contributed by atoms with van der Waals surface area (Å²) >= 11 is 0. The Morgan fingerprint density at radius 3 is 2.18 bits per heavy atom. The fourth-order valence-electron chi connectivity index (χ4n) is 1.94. The number of rotatable bonds is 4. The smallest absolute Gasteiger partial charge is 0.306 e. The van der Waals surface area contributed by atoms with Gasteiger partial charge in [-0.05, 0) is 39.5 Å². The molecule has 17 heavy (non-hydrogen) atoms. The number of carboxylic acids is 1. The average Bonchev–Trinajstić information content (AvgIpc) is 2.29. The zero-order chi connectivity index (χ0) is 13.1. The van der Waals surface area contributed by atoms with Crippen molar-refractivity contribution >= 4 is 11.9 Å². The molecule has 0 radical (unpaired) electrons.